The predicted octanol–water partition coefficient (Wildman–Crippen LogP) is 1.50. The Morgan fingerprint density at radius 3 is 2.78 bits per heavy atom. The molecule has 140 valence electrons. The van der Waals surface area contributed by atoms with Gasteiger partial charge in [0.1, 0.15) is 17.2 Å². The summed E-state index contributed by atoms with van der Waals surface area (Å²) in [6, 6.07) is 5.63. The lowest BCUT2D eigenvalue weighted by Gasteiger charge is -2.35. The smallest absolute Gasteiger partial charge is 0.253 e. The van der Waals surface area contributed by atoms with E-state index in [9.17, 15) is 4.79 Å². The molecule has 1 saturated carbocycles. The number of nitrogens with zero attached hydrogens (tertiary/aromatic N) is 6. The normalized spacial score (nSPS) is 19.3. The zero-order valence-corrected chi connectivity index (χ0v) is 15.8. The van der Waals surface area contributed by atoms with Gasteiger partial charge in [0.05, 0.1) is 17.6 Å². The number of aromatic nitrogens is 5. The maximum atomic E-state index is 12.7. The Bertz CT molecular complexity index is 970. The number of benzene rings is 1. The second kappa shape index (κ2) is 7.03. The molecule has 1 amide bonds. The molecule has 1 aromatic carbocycles. The molecular formula is C19H23N7O. The van der Waals surface area contributed by atoms with Crippen LogP contribution in [0.3, 0.4) is 0 Å². The Kier molecular flexibility index (Phi) is 4.57. The molecule has 0 aliphatic heterocycles. The second-order valence-corrected chi connectivity index (χ2v) is 7.34. The van der Waals surface area contributed by atoms with Gasteiger partial charge in [-0.1, -0.05) is 6.07 Å². The molecule has 0 spiro atoms. The highest BCUT2D eigenvalue weighted by atomic mass is 16.1. The summed E-state index contributed by atoms with van der Waals surface area (Å²) in [4.78, 5) is 23.3. The van der Waals surface area contributed by atoms with E-state index < -0.39 is 0 Å². The van der Waals surface area contributed by atoms with Crippen LogP contribution < -0.4 is 5.32 Å². The maximum absolute atomic E-state index is 12.7. The summed E-state index contributed by atoms with van der Waals surface area (Å²) in [6.45, 7) is 0.762. The van der Waals surface area contributed by atoms with E-state index in [1.165, 1.54) is 0 Å². The molecule has 3 aromatic rings. The van der Waals surface area contributed by atoms with Crippen LogP contribution in [0.1, 0.15) is 40.8 Å². The third-order valence-corrected chi connectivity index (χ3v) is 5.04. The SMILES string of the molecule is CN(C)Cc1nnc(C2CC(NC(=O)c3cccc4nccnc34)C2)n1C. The third kappa shape index (κ3) is 3.40. The van der Waals surface area contributed by atoms with Crippen molar-refractivity contribution in [2.45, 2.75) is 31.3 Å². The lowest BCUT2D eigenvalue weighted by Crippen LogP contribution is -2.44. The number of rotatable bonds is 5. The highest BCUT2D eigenvalue weighted by Crippen LogP contribution is 2.36. The van der Waals surface area contributed by atoms with Crippen LogP contribution in [0.15, 0.2) is 30.6 Å². The summed E-state index contributed by atoms with van der Waals surface area (Å²) in [5.41, 5.74) is 1.93. The largest absolute Gasteiger partial charge is 0.349 e. The minimum atomic E-state index is -0.101. The average Bonchev–Trinajstić information content (AvgIpc) is 2.97. The summed E-state index contributed by atoms with van der Waals surface area (Å²) >= 11 is 0. The zero-order chi connectivity index (χ0) is 19.0. The Morgan fingerprint density at radius 2 is 2.00 bits per heavy atom. The molecular weight excluding hydrogens is 342 g/mol. The van der Waals surface area contributed by atoms with Crippen LogP contribution in [-0.2, 0) is 13.6 Å². The first-order valence-electron chi connectivity index (χ1n) is 9.06. The van der Waals surface area contributed by atoms with Gasteiger partial charge >= 0.3 is 0 Å². The molecule has 8 nitrogen and oxygen atoms in total. The lowest BCUT2D eigenvalue weighted by molar-refractivity contribution is 0.0908. The fraction of sp³-hybridized carbons (Fsp3) is 0.421. The van der Waals surface area contributed by atoms with Crippen LogP contribution in [-0.4, -0.2) is 55.7 Å². The van der Waals surface area contributed by atoms with Crippen molar-refractivity contribution >= 4 is 16.9 Å². The molecule has 2 aromatic heterocycles. The number of fused-ring (bicyclic) bond motifs is 1. The molecule has 1 fully saturated rings. The van der Waals surface area contributed by atoms with Crippen molar-refractivity contribution in [3.05, 3.63) is 47.8 Å². The number of carbonyl (C=O) groups excluding carboxylic acids is 1. The minimum absolute atomic E-state index is 0.101. The fourth-order valence-corrected chi connectivity index (χ4v) is 3.54. The average molecular weight is 365 g/mol. The summed E-state index contributed by atoms with van der Waals surface area (Å²) < 4.78 is 2.07. The lowest BCUT2D eigenvalue weighted by atomic mass is 9.79. The molecule has 0 atom stereocenters. The van der Waals surface area contributed by atoms with Crippen molar-refractivity contribution < 1.29 is 4.79 Å². The van der Waals surface area contributed by atoms with Gasteiger partial charge in [-0.25, -0.2) is 0 Å². The number of hydrogen-bond donors (Lipinski definition) is 1. The van der Waals surface area contributed by atoms with E-state index in [1.807, 2.05) is 33.3 Å². The van der Waals surface area contributed by atoms with Crippen molar-refractivity contribution in [1.29, 1.82) is 0 Å². The minimum Gasteiger partial charge on any atom is -0.349 e. The van der Waals surface area contributed by atoms with Crippen molar-refractivity contribution in [3.8, 4) is 0 Å². The van der Waals surface area contributed by atoms with E-state index in [0.717, 1.165) is 36.6 Å². The Labute approximate surface area is 157 Å². The van der Waals surface area contributed by atoms with Gasteiger partial charge in [0.25, 0.3) is 5.91 Å². The molecule has 1 aliphatic carbocycles. The highest BCUT2D eigenvalue weighted by molar-refractivity contribution is 6.04. The Balaban J connectivity index is 1.40. The van der Waals surface area contributed by atoms with E-state index in [-0.39, 0.29) is 11.9 Å². The van der Waals surface area contributed by atoms with Crippen molar-refractivity contribution in [1.82, 2.24) is 34.9 Å². The zero-order valence-electron chi connectivity index (χ0n) is 15.8. The van der Waals surface area contributed by atoms with Crippen molar-refractivity contribution in [3.63, 3.8) is 0 Å². The topological polar surface area (TPSA) is 88.8 Å². The molecule has 0 saturated heterocycles. The highest BCUT2D eigenvalue weighted by Gasteiger charge is 2.35. The number of para-hydroxylation sites is 1. The first-order valence-corrected chi connectivity index (χ1v) is 9.06. The van der Waals surface area contributed by atoms with Crippen LogP contribution in [0.5, 0.6) is 0 Å². The molecule has 2 heterocycles. The molecule has 0 unspecified atom stereocenters. The predicted molar refractivity (Wildman–Crippen MR) is 101 cm³/mol. The van der Waals surface area contributed by atoms with E-state index in [0.29, 0.717) is 17.0 Å². The van der Waals surface area contributed by atoms with Gasteiger partial charge < -0.3 is 14.8 Å². The first kappa shape index (κ1) is 17.5. The first-order chi connectivity index (χ1) is 13.0. The quantitative estimate of drug-likeness (QED) is 0.737. The van der Waals surface area contributed by atoms with Crippen molar-refractivity contribution in [2.24, 2.45) is 7.05 Å². The Morgan fingerprint density at radius 1 is 1.22 bits per heavy atom. The van der Waals surface area contributed by atoms with Crippen molar-refractivity contribution in [2.75, 3.05) is 14.1 Å². The fourth-order valence-electron chi connectivity index (χ4n) is 3.54. The molecule has 27 heavy (non-hydrogen) atoms. The summed E-state index contributed by atoms with van der Waals surface area (Å²) in [5.74, 6) is 2.18. The second-order valence-electron chi connectivity index (χ2n) is 7.34. The number of hydrogen-bond acceptors (Lipinski definition) is 6. The molecule has 1 aliphatic rings. The van der Waals surface area contributed by atoms with E-state index >= 15 is 0 Å². The molecule has 4 rings (SSSR count). The summed E-state index contributed by atoms with van der Waals surface area (Å²) in [5, 5.41) is 11.8. The van der Waals surface area contributed by atoms with Gasteiger partial charge in [0.2, 0.25) is 0 Å². The van der Waals surface area contributed by atoms with Crippen LogP contribution in [0.2, 0.25) is 0 Å². The number of nitrogens with one attached hydrogen (secondary N) is 1. The van der Waals surface area contributed by atoms with Gasteiger partial charge in [0.15, 0.2) is 0 Å². The van der Waals surface area contributed by atoms with E-state index in [1.54, 1.807) is 18.5 Å². The molecule has 8 heteroatoms. The van der Waals surface area contributed by atoms with Gasteiger partial charge in [-0.15, -0.1) is 10.2 Å². The number of carbonyl (C=O) groups is 1. The molecule has 1 N–H and O–H groups in total. The van der Waals surface area contributed by atoms with Gasteiger partial charge in [-0.2, -0.15) is 0 Å². The third-order valence-electron chi connectivity index (χ3n) is 5.04. The van der Waals surface area contributed by atoms with E-state index in [2.05, 4.69) is 34.9 Å². The van der Waals surface area contributed by atoms with Crippen LogP contribution in [0.4, 0.5) is 0 Å². The van der Waals surface area contributed by atoms with Gasteiger partial charge in [-0.3, -0.25) is 14.8 Å². The monoisotopic (exact) mass is 365 g/mol. The van der Waals surface area contributed by atoms with Crippen LogP contribution >= 0.6 is 0 Å². The Hall–Kier alpha value is -2.87. The molecule has 0 radical (unpaired) electrons. The van der Waals surface area contributed by atoms with E-state index in [4.69, 9.17) is 0 Å². The maximum Gasteiger partial charge on any atom is 0.253 e. The van der Waals surface area contributed by atoms with Crippen LogP contribution in [0.25, 0.3) is 11.0 Å². The standard InChI is InChI=1S/C19H23N7O/c1-25(2)11-16-23-24-18(26(16)3)12-9-13(10-12)22-19(27)14-5-4-6-15-17(14)21-8-7-20-15/h4-8,12-13H,9-11H2,1-3H3,(H,22,27). The summed E-state index contributed by atoms with van der Waals surface area (Å²) in [6.07, 6.45) is 4.98. The molecule has 0 bridgehead atoms. The van der Waals surface area contributed by atoms with Crippen LogP contribution in [0, 0.1) is 0 Å². The van der Waals surface area contributed by atoms with Gasteiger partial charge in [0, 0.05) is 31.4 Å². The summed E-state index contributed by atoms with van der Waals surface area (Å²) in [7, 11) is 6.04. The van der Waals surface area contributed by atoms with Gasteiger partial charge in [-0.05, 0) is 39.1 Å². The number of amides is 1.